The van der Waals surface area contributed by atoms with Crippen molar-refractivity contribution in [3.63, 3.8) is 0 Å². The van der Waals surface area contributed by atoms with Gasteiger partial charge in [-0.2, -0.15) is 0 Å². The van der Waals surface area contributed by atoms with Crippen LogP contribution in [0.15, 0.2) is 0 Å². The van der Waals surface area contributed by atoms with Crippen molar-refractivity contribution in [2.75, 3.05) is 5.75 Å². The van der Waals surface area contributed by atoms with E-state index in [9.17, 15) is 13.2 Å². The molecule has 0 radical (unpaired) electrons. The van der Waals surface area contributed by atoms with E-state index in [0.29, 0.717) is 0 Å². The third kappa shape index (κ3) is 1.85. The summed E-state index contributed by atoms with van der Waals surface area (Å²) in [5.41, 5.74) is 0. The maximum absolute atomic E-state index is 11.5. The molecule has 0 bridgehead atoms. The molecule has 0 fully saturated rings. The van der Waals surface area contributed by atoms with Gasteiger partial charge in [0.2, 0.25) is 0 Å². The Morgan fingerprint density at radius 1 is 1.23 bits per heavy atom. The first kappa shape index (κ1) is 12.4. The van der Waals surface area contributed by atoms with Gasteiger partial charge in [-0.05, 0) is 12.8 Å². The molecule has 1 N–H and O–H groups in total. The molecule has 0 unspecified atom stereocenters. The summed E-state index contributed by atoms with van der Waals surface area (Å²) in [5.74, 6) is -1.36. The van der Waals surface area contributed by atoms with Gasteiger partial charge >= 0.3 is 5.97 Å². The predicted molar refractivity (Wildman–Crippen MR) is 50.4 cm³/mol. The molecule has 0 aliphatic rings. The minimum absolute atomic E-state index is 0.120. The Labute approximate surface area is 78.9 Å². The van der Waals surface area contributed by atoms with Crippen LogP contribution in [0.3, 0.4) is 0 Å². The van der Waals surface area contributed by atoms with Gasteiger partial charge in [0.25, 0.3) is 0 Å². The van der Waals surface area contributed by atoms with Crippen molar-refractivity contribution >= 4 is 15.8 Å². The number of rotatable bonds is 5. The molecule has 13 heavy (non-hydrogen) atoms. The largest absolute Gasteiger partial charge is 0.480 e. The summed E-state index contributed by atoms with van der Waals surface area (Å²) in [4.78, 5) is 10.9. The van der Waals surface area contributed by atoms with E-state index < -0.39 is 20.6 Å². The van der Waals surface area contributed by atoms with Gasteiger partial charge in [-0.15, -0.1) is 0 Å². The molecule has 0 aliphatic carbocycles. The van der Waals surface area contributed by atoms with Crippen LogP contribution in [0.1, 0.15) is 33.6 Å². The van der Waals surface area contributed by atoms with Crippen molar-refractivity contribution in [2.45, 2.75) is 38.4 Å². The lowest BCUT2D eigenvalue weighted by Gasteiger charge is -2.25. The minimum Gasteiger partial charge on any atom is -0.480 e. The molecular weight excluding hydrogens is 192 g/mol. The van der Waals surface area contributed by atoms with E-state index in [0.717, 1.165) is 0 Å². The number of hydrogen-bond acceptors (Lipinski definition) is 3. The van der Waals surface area contributed by atoms with Crippen LogP contribution in [-0.2, 0) is 14.6 Å². The summed E-state index contributed by atoms with van der Waals surface area (Å²) in [7, 11) is -3.52. The van der Waals surface area contributed by atoms with E-state index in [2.05, 4.69) is 0 Å². The van der Waals surface area contributed by atoms with Gasteiger partial charge in [-0.3, -0.25) is 4.79 Å². The lowest BCUT2D eigenvalue weighted by molar-refractivity contribution is -0.140. The maximum Gasteiger partial charge on any atom is 0.325 e. The summed E-state index contributed by atoms with van der Waals surface area (Å²) in [5, 5.41) is 8.91. The van der Waals surface area contributed by atoms with Crippen LogP contribution < -0.4 is 0 Å². The third-order valence-electron chi connectivity index (χ3n) is 2.51. The first-order chi connectivity index (χ1) is 5.88. The van der Waals surface area contributed by atoms with E-state index in [1.54, 1.807) is 13.8 Å². The molecule has 0 rings (SSSR count). The third-order valence-corrected chi connectivity index (χ3v) is 5.21. The summed E-state index contributed by atoms with van der Waals surface area (Å²) in [6.45, 7) is 4.65. The fraction of sp³-hybridized carbons (Fsp3) is 0.875. The molecule has 5 heteroatoms. The van der Waals surface area contributed by atoms with Crippen molar-refractivity contribution in [1.29, 1.82) is 0 Å². The number of hydrogen-bond donors (Lipinski definition) is 1. The van der Waals surface area contributed by atoms with Crippen LogP contribution in [0.2, 0.25) is 0 Å². The van der Waals surface area contributed by atoms with Gasteiger partial charge in [0.15, 0.2) is 14.6 Å². The van der Waals surface area contributed by atoms with Crippen LogP contribution in [0.25, 0.3) is 0 Å². The normalized spacial score (nSPS) is 12.8. The minimum atomic E-state index is -3.52. The Kier molecular flexibility index (Phi) is 3.90. The van der Waals surface area contributed by atoms with Gasteiger partial charge in [-0.25, -0.2) is 8.42 Å². The summed E-state index contributed by atoms with van der Waals surface area (Å²) >= 11 is 0. The van der Waals surface area contributed by atoms with Crippen molar-refractivity contribution in [3.8, 4) is 0 Å². The van der Waals surface area contributed by atoms with E-state index in [-0.39, 0.29) is 18.6 Å². The second kappa shape index (κ2) is 4.09. The average Bonchev–Trinajstić information content (AvgIpc) is 2.06. The van der Waals surface area contributed by atoms with Crippen LogP contribution in [0.5, 0.6) is 0 Å². The van der Waals surface area contributed by atoms with E-state index >= 15 is 0 Å². The highest BCUT2D eigenvalue weighted by molar-refractivity contribution is 7.93. The molecule has 0 atom stereocenters. The predicted octanol–water partition coefficient (Wildman–Crippen LogP) is 1.06. The molecule has 0 saturated carbocycles. The van der Waals surface area contributed by atoms with Gasteiger partial charge in [-0.1, -0.05) is 20.8 Å². The molecule has 0 heterocycles. The first-order valence-corrected chi connectivity index (χ1v) is 5.98. The highest BCUT2D eigenvalue weighted by atomic mass is 32.2. The first-order valence-electron chi connectivity index (χ1n) is 4.33. The smallest absolute Gasteiger partial charge is 0.325 e. The molecule has 78 valence electrons. The summed E-state index contributed by atoms with van der Waals surface area (Å²) in [6.07, 6.45) is 0.240. The monoisotopic (exact) mass is 208 g/mol. The maximum atomic E-state index is 11.5. The van der Waals surface area contributed by atoms with Crippen molar-refractivity contribution in [1.82, 2.24) is 0 Å². The van der Waals surface area contributed by atoms with Gasteiger partial charge in [0.1, 0.15) is 0 Å². The number of sulfone groups is 1. The molecule has 0 aromatic carbocycles. The Morgan fingerprint density at radius 2 is 1.62 bits per heavy atom. The highest BCUT2D eigenvalue weighted by Crippen LogP contribution is 2.26. The molecule has 0 aromatic heterocycles. The van der Waals surface area contributed by atoms with Crippen molar-refractivity contribution < 1.29 is 18.3 Å². The Bertz CT molecular complexity index is 275. The summed E-state index contributed by atoms with van der Waals surface area (Å²) < 4.78 is 21.5. The van der Waals surface area contributed by atoms with Gasteiger partial charge in [0, 0.05) is 5.75 Å². The van der Waals surface area contributed by atoms with E-state index in [1.807, 2.05) is 0 Å². The van der Waals surface area contributed by atoms with Gasteiger partial charge in [0.05, 0.1) is 0 Å². The average molecular weight is 208 g/mol. The topological polar surface area (TPSA) is 71.4 Å². The zero-order valence-electron chi connectivity index (χ0n) is 8.20. The number of carboxylic acids is 1. The van der Waals surface area contributed by atoms with Crippen LogP contribution >= 0.6 is 0 Å². The fourth-order valence-electron chi connectivity index (χ4n) is 1.40. The second-order valence-electron chi connectivity index (χ2n) is 2.91. The Hall–Kier alpha value is -0.580. The zero-order chi connectivity index (χ0) is 10.7. The van der Waals surface area contributed by atoms with E-state index in [1.165, 1.54) is 6.92 Å². The molecule has 0 aliphatic heterocycles. The van der Waals surface area contributed by atoms with Crippen LogP contribution in [0, 0.1) is 0 Å². The quantitative estimate of drug-likeness (QED) is 0.733. The number of carbonyl (C=O) groups is 1. The molecule has 0 amide bonds. The Morgan fingerprint density at radius 3 is 1.69 bits per heavy atom. The fourth-order valence-corrected chi connectivity index (χ4v) is 3.10. The van der Waals surface area contributed by atoms with Crippen molar-refractivity contribution in [2.24, 2.45) is 0 Å². The van der Waals surface area contributed by atoms with E-state index in [4.69, 9.17) is 5.11 Å². The molecule has 4 nitrogen and oxygen atoms in total. The summed E-state index contributed by atoms with van der Waals surface area (Å²) in [6, 6.07) is 0. The molecule has 0 spiro atoms. The SMILES string of the molecule is CCC(CC)(C(=O)O)S(=O)(=O)CC. The Balaban J connectivity index is 5.36. The van der Waals surface area contributed by atoms with Crippen LogP contribution in [0.4, 0.5) is 0 Å². The van der Waals surface area contributed by atoms with Crippen molar-refractivity contribution in [3.05, 3.63) is 0 Å². The highest BCUT2D eigenvalue weighted by Gasteiger charge is 2.46. The molecule has 0 saturated heterocycles. The molecular formula is C8H16O4S. The lowest BCUT2D eigenvalue weighted by atomic mass is 10.0. The second-order valence-corrected chi connectivity index (χ2v) is 5.50. The standard InChI is InChI=1S/C8H16O4S/c1-4-8(5-2,7(9)10)13(11,12)6-3/h4-6H2,1-3H3,(H,9,10). The molecule has 0 aromatic rings. The lowest BCUT2D eigenvalue weighted by Crippen LogP contribution is -2.46. The van der Waals surface area contributed by atoms with Crippen LogP contribution in [-0.4, -0.2) is 30.0 Å². The van der Waals surface area contributed by atoms with Gasteiger partial charge < -0.3 is 5.11 Å². The zero-order valence-corrected chi connectivity index (χ0v) is 9.02. The number of carboxylic acid groups (broad SMARTS) is 1. The number of aliphatic carboxylic acids is 1.